The largest absolute Gasteiger partial charge is 0.309 e. The Morgan fingerprint density at radius 1 is 1.60 bits per heavy atom. The van der Waals surface area contributed by atoms with E-state index in [0.717, 1.165) is 13.0 Å². The number of hydrogen-bond acceptors (Lipinski definition) is 2. The summed E-state index contributed by atoms with van der Waals surface area (Å²) in [5, 5.41) is 8.09. The molecule has 0 amide bonds. The van der Waals surface area contributed by atoms with Crippen molar-refractivity contribution in [2.45, 2.75) is 39.2 Å². The Labute approximate surface area is 91.9 Å². The second-order valence-corrected chi connectivity index (χ2v) is 4.93. The molecule has 1 aromatic rings. The molecule has 0 radical (unpaired) electrons. The van der Waals surface area contributed by atoms with E-state index < -0.39 is 0 Å². The van der Waals surface area contributed by atoms with Crippen molar-refractivity contribution in [3.63, 3.8) is 0 Å². The van der Waals surface area contributed by atoms with Gasteiger partial charge in [-0.05, 0) is 37.8 Å². The highest BCUT2D eigenvalue weighted by atomic mass is 15.3. The van der Waals surface area contributed by atoms with Crippen molar-refractivity contribution in [3.8, 4) is 0 Å². The fraction of sp³-hybridized carbons (Fsp3) is 0.750. The van der Waals surface area contributed by atoms with Crippen molar-refractivity contribution in [1.29, 1.82) is 0 Å². The molecule has 0 saturated carbocycles. The van der Waals surface area contributed by atoms with E-state index in [1.807, 2.05) is 4.68 Å². The van der Waals surface area contributed by atoms with Crippen LogP contribution in [-0.4, -0.2) is 16.3 Å². The maximum Gasteiger partial charge on any atom is 0.0796 e. The zero-order valence-corrected chi connectivity index (χ0v) is 9.95. The van der Waals surface area contributed by atoms with Crippen LogP contribution in [0.5, 0.6) is 0 Å². The molecular formula is C12H21N3. The van der Waals surface area contributed by atoms with Crippen molar-refractivity contribution in [3.05, 3.63) is 17.5 Å². The number of hydrogen-bond donors (Lipinski definition) is 1. The highest BCUT2D eigenvalue weighted by Crippen LogP contribution is 2.23. The average Bonchev–Trinajstić information content (AvgIpc) is 2.75. The van der Waals surface area contributed by atoms with Crippen molar-refractivity contribution in [1.82, 2.24) is 15.1 Å². The molecule has 1 aromatic heterocycles. The Morgan fingerprint density at radius 3 is 3.00 bits per heavy atom. The Morgan fingerprint density at radius 2 is 2.40 bits per heavy atom. The van der Waals surface area contributed by atoms with E-state index in [-0.39, 0.29) is 0 Å². The quantitative estimate of drug-likeness (QED) is 0.822. The maximum absolute atomic E-state index is 4.60. The molecule has 2 heterocycles. The van der Waals surface area contributed by atoms with E-state index in [0.29, 0.717) is 12.0 Å². The summed E-state index contributed by atoms with van der Waals surface area (Å²) in [6.45, 7) is 5.64. The van der Waals surface area contributed by atoms with Gasteiger partial charge in [-0.2, -0.15) is 5.10 Å². The van der Waals surface area contributed by atoms with Crippen molar-refractivity contribution < 1.29 is 0 Å². The van der Waals surface area contributed by atoms with Gasteiger partial charge in [0, 0.05) is 12.7 Å². The monoisotopic (exact) mass is 207 g/mol. The van der Waals surface area contributed by atoms with Gasteiger partial charge in [0.1, 0.15) is 0 Å². The van der Waals surface area contributed by atoms with Crippen LogP contribution in [0, 0.1) is 5.92 Å². The molecule has 15 heavy (non-hydrogen) atoms. The van der Waals surface area contributed by atoms with E-state index in [2.05, 4.69) is 37.4 Å². The predicted octanol–water partition coefficient (Wildman–Crippen LogP) is 2.04. The molecule has 0 aliphatic carbocycles. The Bertz CT molecular complexity index is 322. The zero-order valence-electron chi connectivity index (χ0n) is 9.95. The van der Waals surface area contributed by atoms with E-state index in [9.17, 15) is 0 Å². The number of aryl methyl sites for hydroxylation is 1. The summed E-state index contributed by atoms with van der Waals surface area (Å²) >= 11 is 0. The van der Waals surface area contributed by atoms with Crippen LogP contribution in [0.3, 0.4) is 0 Å². The first kappa shape index (κ1) is 10.7. The average molecular weight is 207 g/mol. The van der Waals surface area contributed by atoms with Crippen molar-refractivity contribution in [2.24, 2.45) is 13.0 Å². The molecule has 1 unspecified atom stereocenters. The Balaban J connectivity index is 2.12. The van der Waals surface area contributed by atoms with Crippen LogP contribution in [0.25, 0.3) is 0 Å². The van der Waals surface area contributed by atoms with Gasteiger partial charge in [0.2, 0.25) is 0 Å². The number of aromatic nitrogens is 2. The van der Waals surface area contributed by atoms with E-state index >= 15 is 0 Å². The molecule has 1 fully saturated rings. The molecule has 1 atom stereocenters. The normalized spacial score (nSPS) is 21.5. The Hall–Kier alpha value is -0.830. The van der Waals surface area contributed by atoms with Gasteiger partial charge in [-0.25, -0.2) is 0 Å². The lowest BCUT2D eigenvalue weighted by molar-refractivity contribution is 0.580. The van der Waals surface area contributed by atoms with E-state index in [4.69, 9.17) is 0 Å². The smallest absolute Gasteiger partial charge is 0.0796 e. The maximum atomic E-state index is 4.60. The van der Waals surface area contributed by atoms with Crippen molar-refractivity contribution >= 4 is 0 Å². The van der Waals surface area contributed by atoms with Crippen LogP contribution in [0.1, 0.15) is 44.1 Å². The van der Waals surface area contributed by atoms with Crippen LogP contribution in [0.4, 0.5) is 0 Å². The van der Waals surface area contributed by atoms with Crippen LogP contribution >= 0.6 is 0 Å². The van der Waals surface area contributed by atoms with Gasteiger partial charge >= 0.3 is 0 Å². The predicted molar refractivity (Wildman–Crippen MR) is 61.7 cm³/mol. The number of rotatable bonds is 3. The molecule has 0 aromatic carbocycles. The van der Waals surface area contributed by atoms with Crippen molar-refractivity contribution in [2.75, 3.05) is 6.54 Å². The fourth-order valence-electron chi connectivity index (χ4n) is 2.25. The van der Waals surface area contributed by atoms with Gasteiger partial charge in [0.15, 0.2) is 0 Å². The zero-order chi connectivity index (χ0) is 10.8. The summed E-state index contributed by atoms with van der Waals surface area (Å²) in [6.07, 6.45) is 3.63. The van der Waals surface area contributed by atoms with Crippen LogP contribution in [0.15, 0.2) is 6.07 Å². The minimum atomic E-state index is 0.497. The molecular weight excluding hydrogens is 186 g/mol. The summed E-state index contributed by atoms with van der Waals surface area (Å²) in [6, 6.07) is 2.76. The lowest BCUT2D eigenvalue weighted by Gasteiger charge is -2.04. The minimum Gasteiger partial charge on any atom is -0.309 e. The minimum absolute atomic E-state index is 0.497. The molecule has 3 nitrogen and oxygen atoms in total. The van der Waals surface area contributed by atoms with Crippen LogP contribution in [0.2, 0.25) is 0 Å². The summed E-state index contributed by atoms with van der Waals surface area (Å²) < 4.78 is 2.04. The third kappa shape index (κ3) is 2.40. The Kier molecular flexibility index (Phi) is 3.10. The molecule has 3 heteroatoms. The summed E-state index contributed by atoms with van der Waals surface area (Å²) in [5.41, 5.74) is 2.58. The van der Waals surface area contributed by atoms with Gasteiger partial charge < -0.3 is 5.32 Å². The molecule has 1 saturated heterocycles. The van der Waals surface area contributed by atoms with Gasteiger partial charge in [-0.3, -0.25) is 4.68 Å². The SMILES string of the molecule is CC(C)Cc1cc(C2CCCN2)nn1C. The fourth-order valence-corrected chi connectivity index (χ4v) is 2.25. The standard InChI is InChI=1S/C12H21N3/c1-9(2)7-10-8-12(14-15(10)3)11-5-4-6-13-11/h8-9,11,13H,4-7H2,1-3H3. The highest BCUT2D eigenvalue weighted by Gasteiger charge is 2.19. The van der Waals surface area contributed by atoms with Gasteiger partial charge in [0.05, 0.1) is 11.7 Å². The molecule has 2 rings (SSSR count). The van der Waals surface area contributed by atoms with E-state index in [1.54, 1.807) is 0 Å². The summed E-state index contributed by atoms with van der Waals surface area (Å²) in [4.78, 5) is 0. The second kappa shape index (κ2) is 4.35. The molecule has 1 aliphatic heterocycles. The van der Waals surface area contributed by atoms with Crippen LogP contribution in [-0.2, 0) is 13.5 Å². The highest BCUT2D eigenvalue weighted by molar-refractivity contribution is 5.15. The molecule has 0 spiro atoms. The first-order valence-electron chi connectivity index (χ1n) is 5.93. The van der Waals surface area contributed by atoms with Gasteiger partial charge in [-0.15, -0.1) is 0 Å². The molecule has 0 bridgehead atoms. The topological polar surface area (TPSA) is 29.9 Å². The van der Waals surface area contributed by atoms with Gasteiger partial charge in [-0.1, -0.05) is 13.8 Å². The first-order valence-corrected chi connectivity index (χ1v) is 5.93. The van der Waals surface area contributed by atoms with Crippen LogP contribution < -0.4 is 5.32 Å². The lowest BCUT2D eigenvalue weighted by Crippen LogP contribution is -2.13. The third-order valence-electron chi connectivity index (χ3n) is 3.03. The molecule has 1 aliphatic rings. The lowest BCUT2D eigenvalue weighted by atomic mass is 10.1. The molecule has 84 valence electrons. The summed E-state index contributed by atoms with van der Waals surface area (Å²) in [7, 11) is 2.05. The van der Waals surface area contributed by atoms with E-state index in [1.165, 1.54) is 24.2 Å². The van der Waals surface area contributed by atoms with Gasteiger partial charge in [0.25, 0.3) is 0 Å². The summed E-state index contributed by atoms with van der Waals surface area (Å²) in [5.74, 6) is 0.699. The number of nitrogens with zero attached hydrogens (tertiary/aromatic N) is 2. The second-order valence-electron chi connectivity index (χ2n) is 4.93. The first-order chi connectivity index (χ1) is 7.16. The number of nitrogens with one attached hydrogen (secondary N) is 1. The molecule has 1 N–H and O–H groups in total. The third-order valence-corrected chi connectivity index (χ3v) is 3.03.